The minimum Gasteiger partial charge on any atom is -0.360 e. The van der Waals surface area contributed by atoms with Crippen LogP contribution in [0.15, 0.2) is 0 Å². The van der Waals surface area contributed by atoms with Gasteiger partial charge in [-0.3, -0.25) is 0 Å². The average molecular weight is 305 g/mol. The van der Waals surface area contributed by atoms with E-state index in [0.29, 0.717) is 23.9 Å². The van der Waals surface area contributed by atoms with Gasteiger partial charge in [0, 0.05) is 18.5 Å². The molecule has 0 aromatic carbocycles. The van der Waals surface area contributed by atoms with Crippen molar-refractivity contribution in [2.75, 3.05) is 0 Å². The number of thiocarbonyl (C=S) groups is 1. The van der Waals surface area contributed by atoms with Crippen LogP contribution in [-0.4, -0.2) is 29.8 Å². The Balaban J connectivity index is 2.17. The van der Waals surface area contributed by atoms with Gasteiger partial charge in [0.2, 0.25) is 0 Å². The first-order chi connectivity index (χ1) is 9.74. The monoisotopic (exact) mass is 305 g/mol. The summed E-state index contributed by atoms with van der Waals surface area (Å²) in [5.41, 5.74) is 0. The number of fused-ring (bicyclic) bond motifs is 1. The predicted octanol–water partition coefficient (Wildman–Crippen LogP) is 5.00. The third-order valence-corrected chi connectivity index (χ3v) is 6.29. The van der Waals surface area contributed by atoms with Crippen LogP contribution in [0, 0.1) is 17.8 Å². The molecule has 0 bridgehead atoms. The summed E-state index contributed by atoms with van der Waals surface area (Å²) < 4.78 is 0. The summed E-state index contributed by atoms with van der Waals surface area (Å²) >= 11 is 5.68. The van der Waals surface area contributed by atoms with Crippen molar-refractivity contribution in [2.45, 2.75) is 90.5 Å². The minimum absolute atomic E-state index is 0.0290. The Bertz CT molecular complexity index is 381. The van der Waals surface area contributed by atoms with Crippen LogP contribution >= 0.6 is 12.2 Å². The Kier molecular flexibility index (Phi) is 5.44. The van der Waals surface area contributed by atoms with Crippen LogP contribution in [0.2, 0.25) is 5.31 Å². The van der Waals surface area contributed by atoms with Crippen LogP contribution in [0.4, 0.5) is 0 Å². The molecule has 1 nitrogen and oxygen atoms in total. The van der Waals surface area contributed by atoms with Crippen molar-refractivity contribution >= 4 is 25.1 Å². The van der Waals surface area contributed by atoms with Crippen molar-refractivity contribution < 1.29 is 0 Å². The molecule has 0 N–H and O–H groups in total. The van der Waals surface area contributed by atoms with Gasteiger partial charge in [-0.25, -0.2) is 0 Å². The van der Waals surface area contributed by atoms with Gasteiger partial charge in [0.05, 0.1) is 12.8 Å². The van der Waals surface area contributed by atoms with Gasteiger partial charge >= 0.3 is 0 Å². The summed E-state index contributed by atoms with van der Waals surface area (Å²) in [5.74, 6) is 2.03. The van der Waals surface area contributed by atoms with Crippen LogP contribution < -0.4 is 0 Å². The number of nitrogens with zero attached hydrogens (tertiary/aromatic N) is 1. The molecule has 2 fully saturated rings. The van der Waals surface area contributed by atoms with Gasteiger partial charge in [0.15, 0.2) is 0 Å². The zero-order chi connectivity index (χ0) is 15.8. The van der Waals surface area contributed by atoms with Gasteiger partial charge in [0.25, 0.3) is 0 Å². The lowest BCUT2D eigenvalue weighted by molar-refractivity contribution is 0.207. The van der Waals surface area contributed by atoms with Gasteiger partial charge in [0.1, 0.15) is 0 Å². The molecule has 118 valence electrons. The Morgan fingerprint density at radius 3 is 2.52 bits per heavy atom. The molecule has 21 heavy (non-hydrogen) atoms. The lowest BCUT2D eigenvalue weighted by atomic mass is 9.55. The first-order valence-corrected chi connectivity index (χ1v) is 9.25. The van der Waals surface area contributed by atoms with E-state index in [2.05, 4.69) is 39.5 Å². The zero-order valence-corrected chi connectivity index (χ0v) is 15.4. The molecule has 1 aliphatic carbocycles. The van der Waals surface area contributed by atoms with Crippen molar-refractivity contribution in [3.63, 3.8) is 0 Å². The van der Waals surface area contributed by atoms with Crippen LogP contribution in [0.1, 0.15) is 73.1 Å². The highest BCUT2D eigenvalue weighted by molar-refractivity contribution is 7.80. The molecule has 0 aromatic rings. The zero-order valence-electron chi connectivity index (χ0n) is 14.6. The third kappa shape index (κ3) is 3.65. The first-order valence-electron chi connectivity index (χ1n) is 8.84. The maximum atomic E-state index is 6.76. The van der Waals surface area contributed by atoms with Gasteiger partial charge in [-0.05, 0) is 44.4 Å². The molecule has 2 aliphatic rings. The van der Waals surface area contributed by atoms with Gasteiger partial charge in [-0.2, -0.15) is 0 Å². The molecule has 4 unspecified atom stereocenters. The number of hydrogen-bond donors (Lipinski definition) is 0. The Hall–Kier alpha value is -0.0451. The van der Waals surface area contributed by atoms with Crippen molar-refractivity contribution in [1.82, 2.24) is 4.90 Å². The fourth-order valence-corrected chi connectivity index (χ4v) is 5.24. The number of hydrogen-bond acceptors (Lipinski definition) is 1. The molecule has 0 spiro atoms. The molecule has 1 heterocycles. The summed E-state index contributed by atoms with van der Waals surface area (Å²) in [6.07, 6.45) is 7.26. The normalized spacial score (nSPS) is 38.3. The molecule has 1 aliphatic heterocycles. The second kappa shape index (κ2) is 6.60. The molecule has 2 rings (SSSR count). The highest BCUT2D eigenvalue weighted by Gasteiger charge is 2.41. The molecular formula is C18H32BNS. The van der Waals surface area contributed by atoms with E-state index in [0.717, 1.165) is 18.8 Å². The molecule has 1 saturated carbocycles. The van der Waals surface area contributed by atoms with Crippen molar-refractivity contribution in [3.05, 3.63) is 0 Å². The Labute approximate surface area is 138 Å². The van der Waals surface area contributed by atoms with Crippen molar-refractivity contribution in [2.24, 2.45) is 17.8 Å². The fourth-order valence-electron chi connectivity index (χ4n) is 4.68. The van der Waals surface area contributed by atoms with Crippen LogP contribution in [0.3, 0.4) is 0 Å². The quantitative estimate of drug-likeness (QED) is 0.522. The number of rotatable bonds is 2. The van der Waals surface area contributed by atoms with E-state index < -0.39 is 0 Å². The second-order valence-corrected chi connectivity index (χ2v) is 8.72. The molecule has 4 atom stereocenters. The molecule has 1 saturated heterocycles. The minimum atomic E-state index is 0.0290. The summed E-state index contributed by atoms with van der Waals surface area (Å²) in [6, 6.07) is 1.20. The summed E-state index contributed by atoms with van der Waals surface area (Å²) in [5, 5.41) is 0.0290. The van der Waals surface area contributed by atoms with Gasteiger partial charge in [-0.1, -0.05) is 57.6 Å². The van der Waals surface area contributed by atoms with Crippen LogP contribution in [0.5, 0.6) is 0 Å². The van der Waals surface area contributed by atoms with Crippen molar-refractivity contribution in [1.29, 1.82) is 0 Å². The molecule has 0 aromatic heterocycles. The Morgan fingerprint density at radius 1 is 1.29 bits per heavy atom. The smallest absolute Gasteiger partial charge is 0.0787 e. The fraction of sp³-hybridized carbons (Fsp3) is 0.944. The SMILES string of the molecule is [B]C1(C(C)C)CCCC2C(CC(=S)N2C(C)C)CC(C)C1. The maximum Gasteiger partial charge on any atom is 0.0787 e. The average Bonchev–Trinajstić information content (AvgIpc) is 2.66. The topological polar surface area (TPSA) is 3.24 Å². The van der Waals surface area contributed by atoms with Gasteiger partial charge in [-0.15, -0.1) is 0 Å². The molecule has 0 amide bonds. The van der Waals surface area contributed by atoms with Crippen LogP contribution in [0.25, 0.3) is 0 Å². The van der Waals surface area contributed by atoms with E-state index in [4.69, 9.17) is 20.1 Å². The lowest BCUT2D eigenvalue weighted by Gasteiger charge is -2.37. The third-order valence-electron chi connectivity index (χ3n) is 5.91. The summed E-state index contributed by atoms with van der Waals surface area (Å²) in [6.45, 7) is 11.5. The molecule has 2 radical (unpaired) electrons. The summed E-state index contributed by atoms with van der Waals surface area (Å²) in [4.78, 5) is 3.74. The van der Waals surface area contributed by atoms with Crippen LogP contribution in [-0.2, 0) is 0 Å². The number of likely N-dealkylation sites (tertiary alicyclic amines) is 1. The van der Waals surface area contributed by atoms with E-state index in [1.54, 1.807) is 0 Å². The van der Waals surface area contributed by atoms with Gasteiger partial charge < -0.3 is 4.90 Å². The van der Waals surface area contributed by atoms with E-state index in [1.807, 2.05) is 0 Å². The van der Waals surface area contributed by atoms with Crippen molar-refractivity contribution in [3.8, 4) is 0 Å². The molecular weight excluding hydrogens is 273 g/mol. The van der Waals surface area contributed by atoms with E-state index >= 15 is 0 Å². The lowest BCUT2D eigenvalue weighted by Crippen LogP contribution is -2.40. The predicted molar refractivity (Wildman–Crippen MR) is 97.0 cm³/mol. The largest absolute Gasteiger partial charge is 0.360 e. The summed E-state index contributed by atoms with van der Waals surface area (Å²) in [7, 11) is 6.76. The van der Waals surface area contributed by atoms with E-state index in [-0.39, 0.29) is 5.31 Å². The van der Waals surface area contributed by atoms with E-state index in [9.17, 15) is 0 Å². The first kappa shape index (κ1) is 17.3. The molecule has 3 heteroatoms. The maximum absolute atomic E-state index is 6.76. The Morgan fingerprint density at radius 2 is 1.95 bits per heavy atom. The highest BCUT2D eigenvalue weighted by Crippen LogP contribution is 2.48. The highest BCUT2D eigenvalue weighted by atomic mass is 32.1. The standard InChI is InChI=1S/C18H32BNS/c1-12(2)18(19)8-6-7-16-15(9-14(5)11-18)10-17(21)20(16)13(3)4/h12-16H,6-11H2,1-5H3. The second-order valence-electron chi connectivity index (χ2n) is 8.25. The van der Waals surface area contributed by atoms with E-state index in [1.165, 1.54) is 30.7 Å².